The molecule has 3 heteroatoms. The molecule has 0 N–H and O–H groups in total. The van der Waals surface area contributed by atoms with E-state index in [2.05, 4.69) is 23.4 Å². The Balaban J connectivity index is 0.000000921. The maximum absolute atomic E-state index is 4.22. The smallest absolute Gasteiger partial charge is 0.0850 e. The summed E-state index contributed by atoms with van der Waals surface area (Å²) in [5.41, 5.74) is 2.68. The first-order chi connectivity index (χ1) is 7.19. The topological polar surface area (TPSA) is 30.7 Å². The van der Waals surface area contributed by atoms with Crippen LogP contribution in [0.3, 0.4) is 0 Å². The second-order valence-corrected chi connectivity index (χ2v) is 2.69. The molecule has 1 aromatic rings. The van der Waals surface area contributed by atoms with Gasteiger partial charge in [-0.05, 0) is 26.0 Å². The lowest BCUT2D eigenvalue weighted by molar-refractivity contribution is 0.765. The predicted molar refractivity (Wildman–Crippen MR) is 65.5 cm³/mol. The zero-order valence-electron chi connectivity index (χ0n) is 9.99. The summed E-state index contributed by atoms with van der Waals surface area (Å²) in [6.07, 6.45) is 5.19. The molecule has 0 aromatic carbocycles. The number of aryl methyl sites for hydroxylation is 2. The monoisotopic (exact) mass is 205 g/mol. The Kier molecular flexibility index (Phi) is 6.02. The Morgan fingerprint density at radius 3 is 1.93 bits per heavy atom. The van der Waals surface area contributed by atoms with Crippen LogP contribution in [0, 0.1) is 13.8 Å². The molecule has 0 aliphatic rings. The maximum Gasteiger partial charge on any atom is 0.0850 e. The molecule has 0 amide bonds. The molecule has 0 aliphatic carbocycles. The molecule has 82 valence electrons. The molecule has 3 nitrogen and oxygen atoms in total. The van der Waals surface area contributed by atoms with Crippen molar-refractivity contribution in [1.82, 2.24) is 15.0 Å². The van der Waals surface area contributed by atoms with E-state index in [4.69, 9.17) is 0 Å². The molecule has 0 atom stereocenters. The molecule has 0 radical (unpaired) electrons. The number of allylic oxidation sites excluding steroid dienone is 4. The fourth-order valence-corrected chi connectivity index (χ4v) is 0.904. The van der Waals surface area contributed by atoms with E-state index in [0.29, 0.717) is 0 Å². The zero-order valence-corrected chi connectivity index (χ0v) is 9.99. The largest absolute Gasteiger partial charge is 0.153 e. The molecule has 1 rings (SSSR count). The lowest BCUT2D eigenvalue weighted by atomic mass is 10.4. The molecule has 0 saturated heterocycles. The zero-order chi connectivity index (χ0) is 11.8. The van der Waals surface area contributed by atoms with Gasteiger partial charge in [0.2, 0.25) is 0 Å². The first-order valence-corrected chi connectivity index (χ1v) is 5.05. The highest BCUT2D eigenvalue weighted by molar-refractivity contribution is 5.56. The summed E-state index contributed by atoms with van der Waals surface area (Å²) in [7, 11) is 0. The summed E-state index contributed by atoms with van der Waals surface area (Å²) in [6, 6.07) is 0. The lowest BCUT2D eigenvalue weighted by Gasteiger charge is -1.96. The molecule has 0 spiro atoms. The van der Waals surface area contributed by atoms with E-state index in [9.17, 15) is 0 Å². The van der Waals surface area contributed by atoms with Crippen molar-refractivity contribution in [2.24, 2.45) is 0 Å². The van der Waals surface area contributed by atoms with E-state index in [0.717, 1.165) is 17.1 Å². The number of hydrogen-bond acceptors (Lipinski definition) is 2. The summed E-state index contributed by atoms with van der Waals surface area (Å²) in [5, 5.41) is 8.44. The third-order valence-electron chi connectivity index (χ3n) is 1.74. The normalized spacial score (nSPS) is 10.3. The van der Waals surface area contributed by atoms with Gasteiger partial charge in [-0.2, -0.15) is 15.0 Å². The van der Waals surface area contributed by atoms with E-state index in [1.54, 1.807) is 16.9 Å². The minimum Gasteiger partial charge on any atom is -0.153 e. The minimum atomic E-state index is 0.825. The van der Waals surface area contributed by atoms with Crippen LogP contribution in [-0.4, -0.2) is 15.0 Å². The molecule has 0 bridgehead atoms. The summed E-state index contributed by atoms with van der Waals surface area (Å²) in [4.78, 5) is 1.55. The van der Waals surface area contributed by atoms with Gasteiger partial charge in [-0.15, -0.1) is 0 Å². The van der Waals surface area contributed by atoms with Crippen LogP contribution in [0.2, 0.25) is 0 Å². The molecule has 15 heavy (non-hydrogen) atoms. The van der Waals surface area contributed by atoms with Gasteiger partial charge in [0.25, 0.3) is 0 Å². The van der Waals surface area contributed by atoms with E-state index in [-0.39, 0.29) is 0 Å². The van der Waals surface area contributed by atoms with Gasteiger partial charge < -0.3 is 0 Å². The molecule has 1 heterocycles. The molecular weight excluding hydrogens is 186 g/mol. The van der Waals surface area contributed by atoms with Crippen LogP contribution in [0.25, 0.3) is 5.70 Å². The molecule has 1 aromatic heterocycles. The van der Waals surface area contributed by atoms with Crippen LogP contribution in [0.1, 0.15) is 25.2 Å². The van der Waals surface area contributed by atoms with Gasteiger partial charge in [-0.1, -0.05) is 33.1 Å². The third kappa shape index (κ3) is 3.54. The van der Waals surface area contributed by atoms with Crippen molar-refractivity contribution in [3.05, 3.63) is 42.8 Å². The Bertz CT molecular complexity index is 339. The standard InChI is InChI=1S/C10H13N3.C2H6/c1-5-7-10(6-2)13-11-8(3)9(4)12-13;1-2/h5-7H,1-2H2,3-4H3;1-2H3/b10-7+;. The van der Waals surface area contributed by atoms with Crippen molar-refractivity contribution in [2.45, 2.75) is 27.7 Å². The fraction of sp³-hybridized carbons (Fsp3) is 0.333. The highest BCUT2D eigenvalue weighted by atomic mass is 15.5. The van der Waals surface area contributed by atoms with E-state index >= 15 is 0 Å². The third-order valence-corrected chi connectivity index (χ3v) is 1.74. The van der Waals surface area contributed by atoms with Crippen molar-refractivity contribution < 1.29 is 0 Å². The average Bonchev–Trinajstić information content (AvgIpc) is 2.58. The Morgan fingerprint density at radius 1 is 1.13 bits per heavy atom. The van der Waals surface area contributed by atoms with E-state index < -0.39 is 0 Å². The molecule has 0 aliphatic heterocycles. The van der Waals surface area contributed by atoms with Gasteiger partial charge in [-0.25, -0.2) is 0 Å². The van der Waals surface area contributed by atoms with Gasteiger partial charge in [0, 0.05) is 0 Å². The highest BCUT2D eigenvalue weighted by Crippen LogP contribution is 2.05. The number of nitrogens with zero attached hydrogens (tertiary/aromatic N) is 3. The Hall–Kier alpha value is -1.64. The summed E-state index contributed by atoms with van der Waals surface area (Å²) in [5.74, 6) is 0. The number of hydrogen-bond donors (Lipinski definition) is 0. The van der Waals surface area contributed by atoms with Gasteiger partial charge in [-0.3, -0.25) is 0 Å². The van der Waals surface area contributed by atoms with Crippen LogP contribution in [0.5, 0.6) is 0 Å². The maximum atomic E-state index is 4.22. The molecule has 0 unspecified atom stereocenters. The van der Waals surface area contributed by atoms with Gasteiger partial charge >= 0.3 is 0 Å². The second-order valence-electron chi connectivity index (χ2n) is 2.69. The van der Waals surface area contributed by atoms with Crippen molar-refractivity contribution in [2.75, 3.05) is 0 Å². The summed E-state index contributed by atoms with van der Waals surface area (Å²) in [6.45, 7) is 15.1. The quantitative estimate of drug-likeness (QED) is 0.710. The van der Waals surface area contributed by atoms with Crippen LogP contribution in [0.15, 0.2) is 31.4 Å². The Labute approximate surface area is 91.8 Å². The van der Waals surface area contributed by atoms with Gasteiger partial charge in [0.1, 0.15) is 0 Å². The van der Waals surface area contributed by atoms with Crippen molar-refractivity contribution >= 4 is 5.70 Å². The number of aromatic nitrogens is 3. The fourth-order valence-electron chi connectivity index (χ4n) is 0.904. The summed E-state index contributed by atoms with van der Waals surface area (Å²) >= 11 is 0. The minimum absolute atomic E-state index is 0.825. The van der Waals surface area contributed by atoms with Crippen LogP contribution in [0.4, 0.5) is 0 Å². The van der Waals surface area contributed by atoms with E-state index in [1.807, 2.05) is 33.8 Å². The number of rotatable bonds is 3. The first kappa shape index (κ1) is 13.4. The molecular formula is C12H19N3. The van der Waals surface area contributed by atoms with Crippen LogP contribution in [-0.2, 0) is 0 Å². The van der Waals surface area contributed by atoms with Crippen molar-refractivity contribution in [3.8, 4) is 0 Å². The molecule has 0 fully saturated rings. The Morgan fingerprint density at radius 2 is 1.60 bits per heavy atom. The van der Waals surface area contributed by atoms with Crippen LogP contribution < -0.4 is 0 Å². The van der Waals surface area contributed by atoms with Crippen molar-refractivity contribution in [1.29, 1.82) is 0 Å². The summed E-state index contributed by atoms with van der Waals surface area (Å²) < 4.78 is 0. The first-order valence-electron chi connectivity index (χ1n) is 5.05. The molecule has 0 saturated carbocycles. The van der Waals surface area contributed by atoms with Crippen LogP contribution >= 0.6 is 0 Å². The van der Waals surface area contributed by atoms with Gasteiger partial charge in [0.15, 0.2) is 0 Å². The SMILES string of the molecule is C=C/C=C(\C=C)n1nc(C)c(C)n1.CC. The highest BCUT2D eigenvalue weighted by Gasteiger charge is 2.02. The van der Waals surface area contributed by atoms with Gasteiger partial charge in [0.05, 0.1) is 17.1 Å². The van der Waals surface area contributed by atoms with Crippen molar-refractivity contribution in [3.63, 3.8) is 0 Å². The second kappa shape index (κ2) is 6.76. The lowest BCUT2D eigenvalue weighted by Crippen LogP contribution is -1.99. The predicted octanol–water partition coefficient (Wildman–Crippen LogP) is 3.13. The van der Waals surface area contributed by atoms with E-state index in [1.165, 1.54) is 0 Å². The average molecular weight is 205 g/mol.